The zero-order valence-corrected chi connectivity index (χ0v) is 17.1. The van der Waals surface area contributed by atoms with Gasteiger partial charge in [-0.3, -0.25) is 0 Å². The molecule has 0 spiro atoms. The van der Waals surface area contributed by atoms with E-state index in [4.69, 9.17) is 13.3 Å². The molecule has 0 heterocycles. The number of hydrogen-bond donors (Lipinski definition) is 0. The molecule has 7 heteroatoms. The van der Waals surface area contributed by atoms with Crippen molar-refractivity contribution in [2.24, 2.45) is 0 Å². The first-order valence-corrected chi connectivity index (χ1v) is 15.5. The quantitative estimate of drug-likeness (QED) is 0.506. The Bertz CT molecular complexity index is 207. The van der Waals surface area contributed by atoms with E-state index in [9.17, 15) is 0 Å². The molecule has 0 aliphatic heterocycles. The zero-order valence-electron chi connectivity index (χ0n) is 11.6. The second-order valence-corrected chi connectivity index (χ2v) is 12.9. The molecule has 0 amide bonds. The molecule has 1 atom stereocenters. The van der Waals surface area contributed by atoms with Crippen LogP contribution in [0.2, 0.25) is 39.3 Å². The SMILES string of the molecule is C[SiH](C)OC(=CC([SiH3])O[SiH](C)C)O[SiH](C)C. The average Bonchev–Trinajstić information content (AvgIpc) is 1.97. The zero-order chi connectivity index (χ0) is 12.7. The van der Waals surface area contributed by atoms with Crippen LogP contribution in [0.4, 0.5) is 0 Å². The molecule has 0 aromatic carbocycles. The van der Waals surface area contributed by atoms with Crippen LogP contribution in [-0.4, -0.2) is 43.1 Å². The van der Waals surface area contributed by atoms with Gasteiger partial charge in [-0.1, -0.05) is 0 Å². The molecule has 3 nitrogen and oxygen atoms in total. The van der Waals surface area contributed by atoms with E-state index in [0.717, 1.165) is 16.2 Å². The maximum Gasteiger partial charge on any atom is 0.249 e. The number of hydrogen-bond acceptors (Lipinski definition) is 3. The first-order chi connectivity index (χ1) is 7.31. The Morgan fingerprint density at radius 2 is 1.38 bits per heavy atom. The van der Waals surface area contributed by atoms with Crippen LogP contribution in [0.3, 0.4) is 0 Å². The lowest BCUT2D eigenvalue weighted by atomic mass is 10.6. The van der Waals surface area contributed by atoms with E-state index in [0.29, 0.717) is 0 Å². The van der Waals surface area contributed by atoms with E-state index in [1.807, 2.05) is 6.08 Å². The van der Waals surface area contributed by atoms with Crippen LogP contribution in [0.1, 0.15) is 0 Å². The van der Waals surface area contributed by atoms with Gasteiger partial charge in [-0.2, -0.15) is 0 Å². The summed E-state index contributed by atoms with van der Waals surface area (Å²) in [5.74, 6) is 0.734. The lowest BCUT2D eigenvalue weighted by molar-refractivity contribution is 0.220. The van der Waals surface area contributed by atoms with Crippen molar-refractivity contribution in [1.29, 1.82) is 0 Å². The summed E-state index contributed by atoms with van der Waals surface area (Å²) in [5.41, 5.74) is 0.238. The van der Waals surface area contributed by atoms with Gasteiger partial charge in [0.05, 0.1) is 0 Å². The molecular formula is C9H26O3Si4. The molecule has 96 valence electrons. The summed E-state index contributed by atoms with van der Waals surface area (Å²) in [4.78, 5) is 0. The highest BCUT2D eigenvalue weighted by atomic mass is 28.3. The summed E-state index contributed by atoms with van der Waals surface area (Å²) < 4.78 is 17.4. The summed E-state index contributed by atoms with van der Waals surface area (Å²) in [6.45, 7) is 13.0. The molecule has 16 heavy (non-hydrogen) atoms. The lowest BCUT2D eigenvalue weighted by Gasteiger charge is -2.20. The Kier molecular flexibility index (Phi) is 8.37. The Morgan fingerprint density at radius 1 is 0.938 bits per heavy atom. The highest BCUT2D eigenvalue weighted by molar-refractivity contribution is 6.50. The van der Waals surface area contributed by atoms with E-state index < -0.39 is 27.1 Å². The third-order valence-corrected chi connectivity index (χ3v) is 5.09. The number of rotatable bonds is 7. The topological polar surface area (TPSA) is 27.7 Å². The van der Waals surface area contributed by atoms with Crippen LogP contribution in [-0.2, 0) is 13.3 Å². The summed E-state index contributed by atoms with van der Waals surface area (Å²) in [5, 5.41) is 0. The molecule has 0 aromatic rings. The van der Waals surface area contributed by atoms with Gasteiger partial charge in [-0.15, -0.1) is 0 Å². The Labute approximate surface area is 108 Å². The highest BCUT2D eigenvalue weighted by Gasteiger charge is 2.10. The standard InChI is InChI=1S/C9H26O3Si4/c1-14(2)10-8(11-15(3)4)7-9(13)12-16(5)6/h7,9,14-16H,1-6,13H3. The van der Waals surface area contributed by atoms with Crippen LogP contribution >= 0.6 is 0 Å². The van der Waals surface area contributed by atoms with E-state index in [-0.39, 0.29) is 5.73 Å². The monoisotopic (exact) mass is 294 g/mol. The van der Waals surface area contributed by atoms with Crippen molar-refractivity contribution >= 4 is 37.4 Å². The molecular weight excluding hydrogens is 268 g/mol. The van der Waals surface area contributed by atoms with Crippen molar-refractivity contribution in [2.45, 2.75) is 45.0 Å². The van der Waals surface area contributed by atoms with Crippen molar-refractivity contribution in [3.05, 3.63) is 12.0 Å². The molecule has 0 fully saturated rings. The van der Waals surface area contributed by atoms with Crippen LogP contribution in [0.25, 0.3) is 0 Å². The Balaban J connectivity index is 4.40. The van der Waals surface area contributed by atoms with Crippen molar-refractivity contribution in [3.8, 4) is 0 Å². The summed E-state index contributed by atoms with van der Waals surface area (Å²) >= 11 is 0. The maximum atomic E-state index is 5.84. The average molecular weight is 295 g/mol. The van der Waals surface area contributed by atoms with Crippen molar-refractivity contribution in [2.75, 3.05) is 0 Å². The van der Waals surface area contributed by atoms with Gasteiger partial charge in [0.15, 0.2) is 9.04 Å². The highest BCUT2D eigenvalue weighted by Crippen LogP contribution is 2.07. The summed E-state index contributed by atoms with van der Waals surface area (Å²) in [7, 11) is -2.13. The van der Waals surface area contributed by atoms with Crippen LogP contribution < -0.4 is 0 Å². The molecule has 0 bridgehead atoms. The normalized spacial score (nSPS) is 13.3. The van der Waals surface area contributed by atoms with E-state index in [2.05, 4.69) is 39.3 Å². The van der Waals surface area contributed by atoms with Gasteiger partial charge < -0.3 is 13.3 Å². The van der Waals surface area contributed by atoms with Crippen LogP contribution in [0.15, 0.2) is 12.0 Å². The van der Waals surface area contributed by atoms with Gasteiger partial charge in [-0.05, 0) is 39.3 Å². The molecule has 0 aliphatic carbocycles. The first kappa shape index (κ1) is 16.2. The van der Waals surface area contributed by atoms with Crippen molar-refractivity contribution < 1.29 is 13.3 Å². The molecule has 1 unspecified atom stereocenters. The minimum Gasteiger partial charge on any atom is -0.523 e. The second-order valence-electron chi connectivity index (χ2n) is 4.71. The third kappa shape index (κ3) is 9.40. The molecule has 0 radical (unpaired) electrons. The van der Waals surface area contributed by atoms with E-state index in [1.54, 1.807) is 0 Å². The first-order valence-electron chi connectivity index (χ1n) is 6.01. The lowest BCUT2D eigenvalue weighted by Crippen LogP contribution is -2.22. The maximum absolute atomic E-state index is 5.84. The van der Waals surface area contributed by atoms with Gasteiger partial charge in [0.2, 0.25) is 24.0 Å². The van der Waals surface area contributed by atoms with Crippen LogP contribution in [0.5, 0.6) is 0 Å². The molecule has 0 rings (SSSR count). The minimum atomic E-state index is -1.08. The second kappa shape index (κ2) is 8.29. The fourth-order valence-electron chi connectivity index (χ4n) is 1.23. The fourth-order valence-corrected chi connectivity index (χ4v) is 5.38. The van der Waals surface area contributed by atoms with E-state index in [1.165, 1.54) is 0 Å². The third-order valence-electron chi connectivity index (χ3n) is 1.56. The van der Waals surface area contributed by atoms with Crippen molar-refractivity contribution in [3.63, 3.8) is 0 Å². The van der Waals surface area contributed by atoms with Gasteiger partial charge >= 0.3 is 0 Å². The Hall–Kier alpha value is 0.168. The van der Waals surface area contributed by atoms with Crippen LogP contribution in [0, 0.1) is 0 Å². The molecule has 0 saturated carbocycles. The van der Waals surface area contributed by atoms with Crippen molar-refractivity contribution in [1.82, 2.24) is 0 Å². The van der Waals surface area contributed by atoms with Gasteiger partial charge in [0, 0.05) is 22.0 Å². The van der Waals surface area contributed by atoms with Gasteiger partial charge in [-0.25, -0.2) is 0 Å². The summed E-state index contributed by atoms with van der Waals surface area (Å²) in [6.07, 6.45) is 2.04. The molecule has 0 N–H and O–H groups in total. The van der Waals surface area contributed by atoms with Gasteiger partial charge in [0.1, 0.15) is 0 Å². The largest absolute Gasteiger partial charge is 0.523 e. The molecule has 0 aliphatic rings. The predicted octanol–water partition coefficient (Wildman–Crippen LogP) is 0.519. The Morgan fingerprint density at radius 3 is 1.69 bits per heavy atom. The summed E-state index contributed by atoms with van der Waals surface area (Å²) in [6, 6.07) is 0. The smallest absolute Gasteiger partial charge is 0.249 e. The predicted molar refractivity (Wildman–Crippen MR) is 81.7 cm³/mol. The molecule has 0 saturated heterocycles. The van der Waals surface area contributed by atoms with Gasteiger partial charge in [0.25, 0.3) is 0 Å². The fraction of sp³-hybridized carbons (Fsp3) is 0.778. The molecule has 0 aromatic heterocycles. The van der Waals surface area contributed by atoms with E-state index >= 15 is 0 Å². The minimum absolute atomic E-state index is 0.238.